The molecule has 0 amide bonds. The quantitative estimate of drug-likeness (QED) is 0.583. The lowest BCUT2D eigenvalue weighted by Gasteiger charge is -2.12. The van der Waals surface area contributed by atoms with E-state index in [4.69, 9.17) is 20.5 Å². The molecule has 0 aromatic heterocycles. The summed E-state index contributed by atoms with van der Waals surface area (Å²) in [5, 5.41) is 3.47. The summed E-state index contributed by atoms with van der Waals surface area (Å²) in [6.07, 6.45) is -0.416. The SMILES string of the molecule is Cc1ccc(S(=O)(=O)O[C@H]2CN[C@@H](C(=O)OCc3ccccc3Cl)C2)cc1. The third-order valence-electron chi connectivity index (χ3n) is 4.28. The fourth-order valence-electron chi connectivity index (χ4n) is 2.76. The number of ether oxygens (including phenoxy) is 1. The molecule has 1 heterocycles. The number of carbonyl (C=O) groups is 1. The van der Waals surface area contributed by atoms with Crippen LogP contribution in [-0.4, -0.2) is 33.1 Å². The number of nitrogens with one attached hydrogen (secondary N) is 1. The molecule has 2 atom stereocenters. The molecule has 27 heavy (non-hydrogen) atoms. The van der Waals surface area contributed by atoms with Crippen LogP contribution in [0.4, 0.5) is 0 Å². The summed E-state index contributed by atoms with van der Waals surface area (Å²) in [7, 11) is -3.88. The molecule has 1 aliphatic heterocycles. The van der Waals surface area contributed by atoms with Crippen molar-refractivity contribution in [1.82, 2.24) is 5.32 Å². The van der Waals surface area contributed by atoms with Gasteiger partial charge >= 0.3 is 5.97 Å². The highest BCUT2D eigenvalue weighted by Gasteiger charge is 2.34. The van der Waals surface area contributed by atoms with Gasteiger partial charge in [-0.15, -0.1) is 0 Å². The molecule has 2 aromatic rings. The maximum absolute atomic E-state index is 12.3. The van der Waals surface area contributed by atoms with Gasteiger partial charge in [0.1, 0.15) is 12.6 Å². The van der Waals surface area contributed by atoms with Crippen molar-refractivity contribution in [3.05, 3.63) is 64.7 Å². The first-order chi connectivity index (χ1) is 12.8. The van der Waals surface area contributed by atoms with Gasteiger partial charge < -0.3 is 10.1 Å². The summed E-state index contributed by atoms with van der Waals surface area (Å²) in [5.41, 5.74) is 1.66. The van der Waals surface area contributed by atoms with E-state index in [1.807, 2.05) is 13.0 Å². The normalized spacial score (nSPS) is 19.8. The Morgan fingerprint density at radius 2 is 1.89 bits per heavy atom. The van der Waals surface area contributed by atoms with Crippen molar-refractivity contribution in [1.29, 1.82) is 0 Å². The molecule has 6 nitrogen and oxygen atoms in total. The van der Waals surface area contributed by atoms with Crippen molar-refractivity contribution >= 4 is 27.7 Å². The second kappa shape index (κ2) is 8.39. The molecule has 1 saturated heterocycles. The zero-order chi connectivity index (χ0) is 19.4. The number of benzene rings is 2. The van der Waals surface area contributed by atoms with Crippen LogP contribution in [0.3, 0.4) is 0 Å². The maximum atomic E-state index is 12.3. The Morgan fingerprint density at radius 3 is 2.59 bits per heavy atom. The zero-order valence-corrected chi connectivity index (χ0v) is 16.3. The van der Waals surface area contributed by atoms with Gasteiger partial charge in [0.25, 0.3) is 10.1 Å². The average Bonchev–Trinajstić information content (AvgIpc) is 3.09. The molecule has 0 saturated carbocycles. The fourth-order valence-corrected chi connectivity index (χ4v) is 4.04. The van der Waals surface area contributed by atoms with E-state index in [0.717, 1.165) is 5.56 Å². The molecule has 3 rings (SSSR count). The molecule has 1 aliphatic rings. The van der Waals surface area contributed by atoms with Gasteiger partial charge in [-0.1, -0.05) is 47.5 Å². The Balaban J connectivity index is 1.54. The van der Waals surface area contributed by atoms with E-state index < -0.39 is 28.2 Å². The van der Waals surface area contributed by atoms with E-state index in [0.29, 0.717) is 10.6 Å². The van der Waals surface area contributed by atoms with Gasteiger partial charge in [-0.05, 0) is 25.1 Å². The standard InChI is InChI=1S/C19H20ClNO5S/c1-13-6-8-16(9-7-13)27(23,24)26-15-10-18(21-11-15)19(22)25-12-14-4-2-3-5-17(14)20/h2-9,15,18,21H,10-12H2,1H3/t15-,18-/m1/s1. The number of aryl methyl sites for hydroxylation is 1. The van der Waals surface area contributed by atoms with Crippen molar-refractivity contribution in [3.8, 4) is 0 Å². The molecule has 0 radical (unpaired) electrons. The molecule has 8 heteroatoms. The lowest BCUT2D eigenvalue weighted by Crippen LogP contribution is -2.32. The van der Waals surface area contributed by atoms with Crippen molar-refractivity contribution in [2.24, 2.45) is 0 Å². The highest BCUT2D eigenvalue weighted by Crippen LogP contribution is 2.21. The van der Waals surface area contributed by atoms with Crippen LogP contribution in [0.2, 0.25) is 5.02 Å². The molecule has 0 spiro atoms. The third kappa shape index (κ3) is 5.07. The highest BCUT2D eigenvalue weighted by molar-refractivity contribution is 7.86. The van der Waals surface area contributed by atoms with E-state index in [1.54, 1.807) is 30.3 Å². The van der Waals surface area contributed by atoms with Gasteiger partial charge in [-0.2, -0.15) is 8.42 Å². The van der Waals surface area contributed by atoms with Gasteiger partial charge in [-0.25, -0.2) is 0 Å². The molecule has 144 valence electrons. The van der Waals surface area contributed by atoms with E-state index in [1.165, 1.54) is 12.1 Å². The minimum Gasteiger partial charge on any atom is -0.460 e. The van der Waals surface area contributed by atoms with Crippen molar-refractivity contribution in [2.75, 3.05) is 6.54 Å². The van der Waals surface area contributed by atoms with Crippen molar-refractivity contribution in [2.45, 2.75) is 37.0 Å². The van der Waals surface area contributed by atoms with Crippen LogP contribution < -0.4 is 5.32 Å². The number of esters is 1. The number of hydrogen-bond acceptors (Lipinski definition) is 6. The van der Waals surface area contributed by atoms with Crippen LogP contribution in [-0.2, 0) is 30.4 Å². The predicted molar refractivity (Wildman–Crippen MR) is 101 cm³/mol. The molecule has 2 aromatic carbocycles. The number of carbonyl (C=O) groups excluding carboxylic acids is 1. The van der Waals surface area contributed by atoms with E-state index in [2.05, 4.69) is 5.32 Å². The smallest absolute Gasteiger partial charge is 0.323 e. The fraction of sp³-hybridized carbons (Fsp3) is 0.316. The Hall–Kier alpha value is -1.93. The van der Waals surface area contributed by atoms with Gasteiger partial charge in [0, 0.05) is 23.6 Å². The molecular weight excluding hydrogens is 390 g/mol. The summed E-state index contributed by atoms with van der Waals surface area (Å²) >= 11 is 6.04. The Morgan fingerprint density at radius 1 is 1.19 bits per heavy atom. The third-order valence-corrected chi connectivity index (χ3v) is 6.02. The van der Waals surface area contributed by atoms with Crippen LogP contribution in [0.15, 0.2) is 53.4 Å². The van der Waals surface area contributed by atoms with E-state index >= 15 is 0 Å². The van der Waals surface area contributed by atoms with Gasteiger partial charge in [0.15, 0.2) is 0 Å². The Kier molecular flexibility index (Phi) is 6.16. The number of halogens is 1. The van der Waals surface area contributed by atoms with Gasteiger partial charge in [0.2, 0.25) is 0 Å². The summed E-state index contributed by atoms with van der Waals surface area (Å²) in [4.78, 5) is 12.3. The maximum Gasteiger partial charge on any atom is 0.323 e. The molecule has 0 unspecified atom stereocenters. The van der Waals surface area contributed by atoms with Crippen LogP contribution in [0.25, 0.3) is 0 Å². The minimum atomic E-state index is -3.88. The summed E-state index contributed by atoms with van der Waals surface area (Å²) in [6, 6.07) is 12.9. The summed E-state index contributed by atoms with van der Waals surface area (Å²) in [5.74, 6) is -0.464. The Labute approximate surface area is 163 Å². The minimum absolute atomic E-state index is 0.0594. The molecule has 1 fully saturated rings. The van der Waals surface area contributed by atoms with E-state index in [9.17, 15) is 13.2 Å². The van der Waals surface area contributed by atoms with Crippen molar-refractivity contribution < 1.29 is 22.1 Å². The van der Waals surface area contributed by atoms with E-state index in [-0.39, 0.29) is 24.5 Å². The zero-order valence-electron chi connectivity index (χ0n) is 14.7. The Bertz CT molecular complexity index is 914. The summed E-state index contributed by atoms with van der Waals surface area (Å²) in [6.45, 7) is 2.18. The molecule has 1 N–H and O–H groups in total. The van der Waals surface area contributed by atoms with Crippen LogP contribution >= 0.6 is 11.6 Å². The lowest BCUT2D eigenvalue weighted by molar-refractivity contribution is -0.147. The molecular formula is C19H20ClNO5S. The topological polar surface area (TPSA) is 81.7 Å². The van der Waals surface area contributed by atoms with Gasteiger partial charge in [0.05, 0.1) is 11.0 Å². The average molecular weight is 410 g/mol. The lowest BCUT2D eigenvalue weighted by atomic mass is 10.2. The second-order valence-electron chi connectivity index (χ2n) is 6.38. The number of hydrogen-bond donors (Lipinski definition) is 1. The predicted octanol–water partition coefficient (Wildman–Crippen LogP) is 2.83. The molecule has 0 aliphatic carbocycles. The summed E-state index contributed by atoms with van der Waals surface area (Å²) < 4.78 is 35.2. The monoisotopic (exact) mass is 409 g/mol. The number of rotatable bonds is 6. The largest absolute Gasteiger partial charge is 0.460 e. The molecule has 0 bridgehead atoms. The van der Waals surface area contributed by atoms with Crippen molar-refractivity contribution in [3.63, 3.8) is 0 Å². The first-order valence-corrected chi connectivity index (χ1v) is 10.3. The van der Waals surface area contributed by atoms with Crippen LogP contribution in [0.5, 0.6) is 0 Å². The first-order valence-electron chi connectivity index (χ1n) is 8.48. The highest BCUT2D eigenvalue weighted by atomic mass is 35.5. The second-order valence-corrected chi connectivity index (χ2v) is 8.36. The van der Waals surface area contributed by atoms with Crippen LogP contribution in [0.1, 0.15) is 17.5 Å². The first kappa shape index (κ1) is 19.8. The van der Waals surface area contributed by atoms with Gasteiger partial charge in [-0.3, -0.25) is 8.98 Å². The van der Waals surface area contributed by atoms with Crippen LogP contribution in [0, 0.1) is 6.92 Å².